The van der Waals surface area contributed by atoms with Crippen LogP contribution >= 0.6 is 0 Å². The number of fused-ring (bicyclic) bond motifs is 1. The molecule has 4 aromatic rings. The second kappa shape index (κ2) is 9.55. The number of Topliss-reactive ketones (excluding diaryl/α,β-unsaturated/α-hetero) is 1. The Bertz CT molecular complexity index is 1340. The molecule has 1 aliphatic rings. The van der Waals surface area contributed by atoms with Gasteiger partial charge in [0.25, 0.3) is 0 Å². The maximum atomic E-state index is 12.7. The fourth-order valence-electron chi connectivity index (χ4n) is 3.64. The minimum absolute atomic E-state index is 0.0457. The molecule has 0 saturated carbocycles. The molecule has 1 heterocycles. The van der Waals surface area contributed by atoms with E-state index in [1.165, 1.54) is 12.1 Å². The van der Waals surface area contributed by atoms with Crippen LogP contribution in [0.4, 0.5) is 0 Å². The van der Waals surface area contributed by atoms with E-state index in [0.717, 1.165) is 16.7 Å². The van der Waals surface area contributed by atoms with Crippen LogP contribution in [-0.4, -0.2) is 10.9 Å². The molecule has 0 aromatic heterocycles. The summed E-state index contributed by atoms with van der Waals surface area (Å²) in [5.74, 6) is 1.52. The van der Waals surface area contributed by atoms with Gasteiger partial charge in [0.15, 0.2) is 17.3 Å². The second-order valence-corrected chi connectivity index (χ2v) is 7.87. The number of ether oxygens (including phenoxy) is 3. The smallest absolute Gasteiger partial charge is 0.231 e. The van der Waals surface area contributed by atoms with Crippen molar-refractivity contribution in [2.45, 2.75) is 13.2 Å². The van der Waals surface area contributed by atoms with Gasteiger partial charge in [0, 0.05) is 6.07 Å². The molecule has 1 aliphatic heterocycles. The van der Waals surface area contributed by atoms with E-state index in [-0.39, 0.29) is 17.3 Å². The number of phenolic OH excluding ortho intramolecular Hbond substituents is 1. The van der Waals surface area contributed by atoms with E-state index in [1.807, 2.05) is 78.9 Å². The van der Waals surface area contributed by atoms with Gasteiger partial charge in [0.05, 0.1) is 5.56 Å². The summed E-state index contributed by atoms with van der Waals surface area (Å²) in [6, 6.07) is 29.7. The summed E-state index contributed by atoms with van der Waals surface area (Å²) in [6.07, 6.45) is 1.66. The number of rotatable bonds is 7. The molecule has 168 valence electrons. The Morgan fingerprint density at radius 1 is 0.735 bits per heavy atom. The van der Waals surface area contributed by atoms with Crippen LogP contribution in [-0.2, 0) is 13.2 Å². The number of carbonyl (C=O) groups excluding carboxylic acids is 1. The fourth-order valence-corrected chi connectivity index (χ4v) is 3.64. The molecule has 5 rings (SSSR count). The first-order chi connectivity index (χ1) is 16.7. The van der Waals surface area contributed by atoms with Crippen molar-refractivity contribution >= 4 is 11.9 Å². The van der Waals surface area contributed by atoms with Crippen molar-refractivity contribution in [3.05, 3.63) is 125 Å². The van der Waals surface area contributed by atoms with Gasteiger partial charge < -0.3 is 19.3 Å². The zero-order valence-electron chi connectivity index (χ0n) is 18.3. The lowest BCUT2D eigenvalue weighted by Gasteiger charge is -2.14. The maximum absolute atomic E-state index is 12.7. The lowest BCUT2D eigenvalue weighted by Crippen LogP contribution is -2.01. The Labute approximate surface area is 197 Å². The summed E-state index contributed by atoms with van der Waals surface area (Å²) in [5, 5.41) is 9.67. The SMILES string of the molecule is O=C1/C(=C/c2ccc(OCc3ccccc3)c(OCc3ccccc3)c2)Oc2cc(O)ccc21. The molecule has 0 unspecified atom stereocenters. The summed E-state index contributed by atoms with van der Waals surface area (Å²) >= 11 is 0. The Morgan fingerprint density at radius 2 is 1.38 bits per heavy atom. The van der Waals surface area contributed by atoms with Gasteiger partial charge in [-0.05, 0) is 47.0 Å². The quantitative estimate of drug-likeness (QED) is 0.341. The average molecular weight is 450 g/mol. The number of allylic oxidation sites excluding steroid dienone is 1. The third-order valence-corrected chi connectivity index (χ3v) is 5.39. The van der Waals surface area contributed by atoms with Crippen molar-refractivity contribution < 1.29 is 24.1 Å². The van der Waals surface area contributed by atoms with Crippen molar-refractivity contribution in [3.63, 3.8) is 0 Å². The summed E-state index contributed by atoms with van der Waals surface area (Å²) in [4.78, 5) is 12.7. The van der Waals surface area contributed by atoms with Gasteiger partial charge in [0.2, 0.25) is 5.78 Å². The van der Waals surface area contributed by atoms with E-state index in [4.69, 9.17) is 14.2 Å². The molecular weight excluding hydrogens is 428 g/mol. The van der Waals surface area contributed by atoms with Crippen LogP contribution in [0.1, 0.15) is 27.0 Å². The van der Waals surface area contributed by atoms with Gasteiger partial charge in [0.1, 0.15) is 24.7 Å². The van der Waals surface area contributed by atoms with Crippen molar-refractivity contribution in [2.75, 3.05) is 0 Å². The topological polar surface area (TPSA) is 65.0 Å². The first-order valence-corrected chi connectivity index (χ1v) is 10.9. The van der Waals surface area contributed by atoms with Crippen LogP contribution in [0, 0.1) is 0 Å². The summed E-state index contributed by atoms with van der Waals surface area (Å²) in [5.41, 5.74) is 3.24. The lowest BCUT2D eigenvalue weighted by molar-refractivity contribution is 0.101. The molecule has 4 aromatic carbocycles. The third kappa shape index (κ3) is 4.79. The minimum atomic E-state index is -0.230. The molecule has 34 heavy (non-hydrogen) atoms. The highest BCUT2D eigenvalue weighted by atomic mass is 16.5. The molecule has 0 bridgehead atoms. The minimum Gasteiger partial charge on any atom is -0.508 e. The number of hydrogen-bond donors (Lipinski definition) is 1. The summed E-state index contributed by atoms with van der Waals surface area (Å²) in [6.45, 7) is 0.784. The van der Waals surface area contributed by atoms with Gasteiger partial charge in [-0.15, -0.1) is 0 Å². The number of phenols is 1. The van der Waals surface area contributed by atoms with Crippen LogP contribution in [0.15, 0.2) is 103 Å². The molecule has 0 aliphatic carbocycles. The molecule has 0 saturated heterocycles. The van der Waals surface area contributed by atoms with E-state index in [9.17, 15) is 9.90 Å². The van der Waals surface area contributed by atoms with Crippen molar-refractivity contribution in [1.29, 1.82) is 0 Å². The molecule has 0 atom stereocenters. The number of aromatic hydroxyl groups is 1. The van der Waals surface area contributed by atoms with Crippen molar-refractivity contribution in [1.82, 2.24) is 0 Å². The maximum Gasteiger partial charge on any atom is 0.231 e. The highest BCUT2D eigenvalue weighted by Gasteiger charge is 2.27. The van der Waals surface area contributed by atoms with Crippen molar-refractivity contribution in [2.24, 2.45) is 0 Å². The first-order valence-electron chi connectivity index (χ1n) is 10.9. The molecule has 0 spiro atoms. The van der Waals surface area contributed by atoms with Crippen molar-refractivity contribution in [3.8, 4) is 23.0 Å². The number of ketones is 1. The van der Waals surface area contributed by atoms with Gasteiger partial charge in [-0.2, -0.15) is 0 Å². The number of carbonyl (C=O) groups is 1. The summed E-state index contributed by atoms with van der Waals surface area (Å²) in [7, 11) is 0. The van der Waals surface area contributed by atoms with Gasteiger partial charge in [-0.1, -0.05) is 66.7 Å². The molecule has 0 amide bonds. The van der Waals surface area contributed by atoms with E-state index in [2.05, 4.69) is 0 Å². The number of benzene rings is 4. The average Bonchev–Trinajstić information content (AvgIpc) is 3.17. The van der Waals surface area contributed by atoms with Crippen LogP contribution < -0.4 is 14.2 Å². The predicted molar refractivity (Wildman–Crippen MR) is 129 cm³/mol. The Balaban J connectivity index is 1.40. The zero-order valence-corrected chi connectivity index (χ0v) is 18.3. The standard InChI is InChI=1S/C29H22O5/c30-23-12-13-24-26(17-23)34-28(29(24)31)16-22-11-14-25(32-18-20-7-3-1-4-8-20)27(15-22)33-19-21-9-5-2-6-10-21/h1-17,30H,18-19H2/b28-16-. The van der Waals surface area contributed by atoms with E-state index in [0.29, 0.717) is 36.0 Å². The fraction of sp³-hybridized carbons (Fsp3) is 0.0690. The molecule has 0 radical (unpaired) electrons. The normalized spacial score (nSPS) is 13.4. The van der Waals surface area contributed by atoms with E-state index < -0.39 is 0 Å². The Hall–Kier alpha value is -4.51. The summed E-state index contributed by atoms with van der Waals surface area (Å²) < 4.78 is 17.8. The van der Waals surface area contributed by atoms with Gasteiger partial charge in [-0.25, -0.2) is 0 Å². The second-order valence-electron chi connectivity index (χ2n) is 7.87. The van der Waals surface area contributed by atoms with E-state index >= 15 is 0 Å². The largest absolute Gasteiger partial charge is 0.508 e. The van der Waals surface area contributed by atoms with Crippen LogP contribution in [0.2, 0.25) is 0 Å². The zero-order chi connectivity index (χ0) is 23.3. The Kier molecular flexibility index (Phi) is 5.99. The van der Waals surface area contributed by atoms with Crippen LogP contribution in [0.3, 0.4) is 0 Å². The molecule has 0 fully saturated rings. The molecular formula is C29H22O5. The van der Waals surface area contributed by atoms with Crippen LogP contribution in [0.25, 0.3) is 6.08 Å². The molecule has 5 heteroatoms. The molecule has 1 N–H and O–H groups in total. The highest BCUT2D eigenvalue weighted by Crippen LogP contribution is 2.36. The van der Waals surface area contributed by atoms with Crippen LogP contribution in [0.5, 0.6) is 23.0 Å². The third-order valence-electron chi connectivity index (χ3n) is 5.39. The number of hydrogen-bond acceptors (Lipinski definition) is 5. The highest BCUT2D eigenvalue weighted by molar-refractivity contribution is 6.14. The Morgan fingerprint density at radius 3 is 2.06 bits per heavy atom. The predicted octanol–water partition coefficient (Wildman–Crippen LogP) is 6.17. The first kappa shape index (κ1) is 21.3. The van der Waals surface area contributed by atoms with Gasteiger partial charge in [-0.3, -0.25) is 4.79 Å². The monoisotopic (exact) mass is 450 g/mol. The lowest BCUT2D eigenvalue weighted by atomic mass is 10.1. The van der Waals surface area contributed by atoms with E-state index in [1.54, 1.807) is 12.1 Å². The molecule has 5 nitrogen and oxygen atoms in total. The van der Waals surface area contributed by atoms with Gasteiger partial charge >= 0.3 is 0 Å².